The normalized spacial score (nSPS) is 21.1. The SMILES string of the molecule is Cc1cccc(C)c1N1C(=O)C[C@H]([NH+]2CCN(S(=O)(=O)c3ccc(Cl)cc3)CC2)C1=O. The van der Waals surface area contributed by atoms with Gasteiger partial charge in [-0.15, -0.1) is 0 Å². The van der Waals surface area contributed by atoms with Gasteiger partial charge in [-0.05, 0) is 49.2 Å². The van der Waals surface area contributed by atoms with Crippen molar-refractivity contribution in [2.45, 2.75) is 31.2 Å². The van der Waals surface area contributed by atoms with E-state index in [1.807, 2.05) is 32.0 Å². The number of carbonyl (C=O) groups excluding carboxylic acids is 2. The van der Waals surface area contributed by atoms with E-state index in [1.165, 1.54) is 21.3 Å². The Morgan fingerprint density at radius 2 is 1.55 bits per heavy atom. The first-order valence-corrected chi connectivity index (χ1v) is 12.1. The van der Waals surface area contributed by atoms with E-state index in [2.05, 4.69) is 0 Å². The van der Waals surface area contributed by atoms with Crippen molar-refractivity contribution < 1.29 is 22.9 Å². The van der Waals surface area contributed by atoms with Crippen molar-refractivity contribution in [3.8, 4) is 0 Å². The van der Waals surface area contributed by atoms with Crippen molar-refractivity contribution >= 4 is 39.1 Å². The van der Waals surface area contributed by atoms with Gasteiger partial charge in [-0.3, -0.25) is 9.59 Å². The zero-order chi connectivity index (χ0) is 22.3. The lowest BCUT2D eigenvalue weighted by molar-refractivity contribution is -0.918. The van der Waals surface area contributed by atoms with Gasteiger partial charge in [-0.1, -0.05) is 29.8 Å². The van der Waals surface area contributed by atoms with Crippen LogP contribution in [0.3, 0.4) is 0 Å². The number of nitrogens with one attached hydrogen (secondary N) is 1. The molecule has 0 aliphatic carbocycles. The average Bonchev–Trinajstić information content (AvgIpc) is 3.03. The molecule has 0 radical (unpaired) electrons. The molecule has 0 spiro atoms. The third kappa shape index (κ3) is 4.01. The minimum absolute atomic E-state index is 0.145. The van der Waals surface area contributed by atoms with Crippen LogP contribution in [-0.4, -0.2) is 56.8 Å². The maximum atomic E-state index is 13.2. The Bertz CT molecular complexity index is 1110. The van der Waals surface area contributed by atoms with Crippen molar-refractivity contribution in [1.29, 1.82) is 0 Å². The summed E-state index contributed by atoms with van der Waals surface area (Å²) in [6.07, 6.45) is 0.145. The Balaban J connectivity index is 1.48. The van der Waals surface area contributed by atoms with Crippen LogP contribution in [-0.2, 0) is 19.6 Å². The van der Waals surface area contributed by atoms with Crippen LogP contribution in [0.4, 0.5) is 5.69 Å². The van der Waals surface area contributed by atoms with Crippen LogP contribution >= 0.6 is 11.6 Å². The van der Waals surface area contributed by atoms with E-state index in [1.54, 1.807) is 12.1 Å². The predicted octanol–water partition coefficient (Wildman–Crippen LogP) is 1.18. The summed E-state index contributed by atoms with van der Waals surface area (Å²) in [6.45, 7) is 5.31. The molecule has 1 atom stereocenters. The number of hydrogen-bond donors (Lipinski definition) is 1. The minimum atomic E-state index is -3.62. The molecule has 164 valence electrons. The molecule has 2 aliphatic heterocycles. The number of imide groups is 1. The largest absolute Gasteiger partial charge is 0.322 e. The molecule has 31 heavy (non-hydrogen) atoms. The molecule has 9 heteroatoms. The number of amides is 2. The van der Waals surface area contributed by atoms with E-state index in [0.717, 1.165) is 16.0 Å². The van der Waals surface area contributed by atoms with E-state index in [9.17, 15) is 18.0 Å². The number of aryl methyl sites for hydroxylation is 2. The lowest BCUT2D eigenvalue weighted by atomic mass is 10.1. The fourth-order valence-electron chi connectivity index (χ4n) is 4.46. The van der Waals surface area contributed by atoms with Gasteiger partial charge in [0.05, 0.1) is 43.2 Å². The number of anilines is 1. The number of hydrogen-bond acceptors (Lipinski definition) is 4. The molecule has 1 N–H and O–H groups in total. The summed E-state index contributed by atoms with van der Waals surface area (Å²) in [6, 6.07) is 11.3. The number of piperazine rings is 1. The number of benzene rings is 2. The first-order chi connectivity index (χ1) is 14.7. The zero-order valence-electron chi connectivity index (χ0n) is 17.5. The number of carbonyl (C=O) groups is 2. The second kappa shape index (κ2) is 8.35. The molecule has 2 saturated heterocycles. The summed E-state index contributed by atoms with van der Waals surface area (Å²) < 4.78 is 27.2. The number of rotatable bonds is 4. The van der Waals surface area contributed by atoms with Crippen LogP contribution in [0.1, 0.15) is 17.5 Å². The lowest BCUT2D eigenvalue weighted by Gasteiger charge is -2.33. The molecular weight excluding hydrogens is 438 g/mol. The summed E-state index contributed by atoms with van der Waals surface area (Å²) in [5.74, 6) is -0.400. The number of nitrogens with zero attached hydrogens (tertiary/aromatic N) is 2. The molecule has 2 aliphatic rings. The molecule has 0 saturated carbocycles. The number of para-hydroxylation sites is 1. The highest BCUT2D eigenvalue weighted by Gasteiger charge is 2.47. The summed E-state index contributed by atoms with van der Waals surface area (Å²) in [5.41, 5.74) is 2.44. The smallest absolute Gasteiger partial charge is 0.292 e. The van der Waals surface area contributed by atoms with Gasteiger partial charge < -0.3 is 4.90 Å². The van der Waals surface area contributed by atoms with E-state index >= 15 is 0 Å². The van der Waals surface area contributed by atoms with Crippen LogP contribution in [0.2, 0.25) is 5.02 Å². The highest BCUT2D eigenvalue weighted by molar-refractivity contribution is 7.89. The Morgan fingerprint density at radius 3 is 2.13 bits per heavy atom. The quantitative estimate of drug-likeness (QED) is 0.692. The van der Waals surface area contributed by atoms with Gasteiger partial charge in [0.1, 0.15) is 0 Å². The van der Waals surface area contributed by atoms with Gasteiger partial charge in [0.2, 0.25) is 15.9 Å². The second-order valence-corrected chi connectivity index (χ2v) is 10.5. The second-order valence-electron chi connectivity index (χ2n) is 8.08. The zero-order valence-corrected chi connectivity index (χ0v) is 19.0. The van der Waals surface area contributed by atoms with Crippen molar-refractivity contribution in [2.75, 3.05) is 31.1 Å². The van der Waals surface area contributed by atoms with Crippen LogP contribution in [0, 0.1) is 13.8 Å². The predicted molar refractivity (Wildman–Crippen MR) is 118 cm³/mol. The van der Waals surface area contributed by atoms with Crippen molar-refractivity contribution in [3.05, 3.63) is 58.6 Å². The molecule has 4 rings (SSSR count). The Morgan fingerprint density at radius 1 is 0.968 bits per heavy atom. The van der Waals surface area contributed by atoms with E-state index in [0.29, 0.717) is 36.9 Å². The van der Waals surface area contributed by atoms with Crippen molar-refractivity contribution in [1.82, 2.24) is 4.31 Å². The van der Waals surface area contributed by atoms with Gasteiger partial charge in [-0.2, -0.15) is 4.31 Å². The molecule has 2 fully saturated rings. The molecule has 2 aromatic rings. The topological polar surface area (TPSA) is 79.2 Å². The van der Waals surface area contributed by atoms with E-state index in [4.69, 9.17) is 11.6 Å². The first kappa shape index (κ1) is 22.0. The highest BCUT2D eigenvalue weighted by atomic mass is 35.5. The third-order valence-electron chi connectivity index (χ3n) is 6.12. The third-order valence-corrected chi connectivity index (χ3v) is 8.28. The number of sulfonamides is 1. The average molecular weight is 463 g/mol. The van der Waals surface area contributed by atoms with Gasteiger partial charge >= 0.3 is 0 Å². The van der Waals surface area contributed by atoms with Crippen LogP contribution in [0.25, 0.3) is 0 Å². The molecule has 0 bridgehead atoms. The Kier molecular flexibility index (Phi) is 5.91. The molecule has 2 heterocycles. The lowest BCUT2D eigenvalue weighted by Crippen LogP contribution is -3.19. The monoisotopic (exact) mass is 462 g/mol. The van der Waals surface area contributed by atoms with Crippen LogP contribution in [0.5, 0.6) is 0 Å². The highest BCUT2D eigenvalue weighted by Crippen LogP contribution is 2.29. The molecule has 2 aromatic carbocycles. The Labute approximate surface area is 187 Å². The fraction of sp³-hybridized carbons (Fsp3) is 0.364. The van der Waals surface area contributed by atoms with E-state index < -0.39 is 16.1 Å². The van der Waals surface area contributed by atoms with Gasteiger partial charge in [0, 0.05) is 5.02 Å². The van der Waals surface area contributed by atoms with Crippen molar-refractivity contribution in [3.63, 3.8) is 0 Å². The first-order valence-electron chi connectivity index (χ1n) is 10.2. The summed E-state index contributed by atoms with van der Waals surface area (Å²) in [7, 11) is -3.62. The molecule has 7 nitrogen and oxygen atoms in total. The summed E-state index contributed by atoms with van der Waals surface area (Å²) in [5, 5.41) is 0.478. The van der Waals surface area contributed by atoms with Crippen molar-refractivity contribution in [2.24, 2.45) is 0 Å². The molecule has 0 unspecified atom stereocenters. The maximum Gasteiger partial charge on any atom is 0.292 e. The molecule has 2 amide bonds. The van der Waals surface area contributed by atoms with Gasteiger partial charge in [0.25, 0.3) is 5.91 Å². The maximum absolute atomic E-state index is 13.2. The Hall–Kier alpha value is -2.26. The number of halogens is 1. The van der Waals surface area contributed by atoms with Crippen LogP contribution in [0.15, 0.2) is 47.4 Å². The summed E-state index contributed by atoms with van der Waals surface area (Å²) in [4.78, 5) is 28.4. The van der Waals surface area contributed by atoms with E-state index in [-0.39, 0.29) is 23.1 Å². The van der Waals surface area contributed by atoms with Gasteiger partial charge in [-0.25, -0.2) is 13.3 Å². The fourth-order valence-corrected chi connectivity index (χ4v) is 6.03. The molecular formula is C22H25ClN3O4S+. The standard InChI is InChI=1S/C22H24ClN3O4S/c1-15-4-3-5-16(2)21(15)26-20(27)14-19(22(26)28)24-10-12-25(13-11-24)31(29,30)18-8-6-17(23)7-9-18/h3-9,19H,10-14H2,1-2H3/p+1/t19-/m0/s1. The van der Waals surface area contributed by atoms with Gasteiger partial charge in [0.15, 0.2) is 6.04 Å². The molecule has 0 aromatic heterocycles. The van der Waals surface area contributed by atoms with Crippen LogP contribution < -0.4 is 9.80 Å². The number of quaternary nitrogens is 1. The minimum Gasteiger partial charge on any atom is -0.322 e. The summed E-state index contributed by atoms with van der Waals surface area (Å²) >= 11 is 5.87.